The molecule has 2 aromatic heterocycles. The molecule has 3 aromatic rings. The molecule has 0 fully saturated rings. The van der Waals surface area contributed by atoms with Crippen LogP contribution in [0.3, 0.4) is 0 Å². The second-order valence-electron chi connectivity index (χ2n) is 6.61. The second kappa shape index (κ2) is 9.78. The molecule has 1 atom stereocenters. The summed E-state index contributed by atoms with van der Waals surface area (Å²) >= 11 is 13.1. The summed E-state index contributed by atoms with van der Waals surface area (Å²) < 4.78 is 11.2. The Kier molecular flexibility index (Phi) is 7.32. The minimum atomic E-state index is -0.893. The van der Waals surface area contributed by atoms with Crippen LogP contribution in [0.4, 0.5) is 5.69 Å². The molecule has 1 unspecified atom stereocenters. The van der Waals surface area contributed by atoms with Gasteiger partial charge in [-0.1, -0.05) is 23.2 Å². The van der Waals surface area contributed by atoms with Crippen molar-refractivity contribution in [3.63, 3.8) is 0 Å². The number of thiophene rings is 1. The summed E-state index contributed by atoms with van der Waals surface area (Å²) in [5.41, 5.74) is 0.357. The number of methoxy groups -OCH3 is 1. The molecule has 8 nitrogen and oxygen atoms in total. The number of nitrogens with one attached hydrogen (secondary N) is 1. The Morgan fingerprint density at radius 1 is 1.29 bits per heavy atom. The van der Waals surface area contributed by atoms with Crippen LogP contribution in [0.15, 0.2) is 29.3 Å². The minimum Gasteiger partial charge on any atom is -0.459 e. The smallest absolute Gasteiger partial charge is 0.348 e. The van der Waals surface area contributed by atoms with Gasteiger partial charge in [-0.15, -0.1) is 11.3 Å². The van der Waals surface area contributed by atoms with E-state index in [0.29, 0.717) is 26.1 Å². The lowest BCUT2D eigenvalue weighted by molar-refractivity contribution is -0.118. The van der Waals surface area contributed by atoms with Crippen LogP contribution in [-0.2, 0) is 14.3 Å². The van der Waals surface area contributed by atoms with E-state index in [2.05, 4.69) is 10.3 Å². The number of fused-ring (bicyclic) bond motifs is 1. The Labute approximate surface area is 191 Å². The van der Waals surface area contributed by atoms with Gasteiger partial charge in [-0.25, -0.2) is 9.78 Å². The van der Waals surface area contributed by atoms with Crippen LogP contribution in [-0.4, -0.2) is 41.8 Å². The van der Waals surface area contributed by atoms with Gasteiger partial charge in [0.1, 0.15) is 22.4 Å². The fraction of sp³-hybridized carbons (Fsp3) is 0.300. The number of nitrogens with zero attached hydrogens (tertiary/aromatic N) is 2. The summed E-state index contributed by atoms with van der Waals surface area (Å²) in [7, 11) is 1.50. The first-order valence-electron chi connectivity index (χ1n) is 9.16. The first-order valence-corrected chi connectivity index (χ1v) is 10.7. The van der Waals surface area contributed by atoms with E-state index in [-0.39, 0.29) is 23.5 Å². The topological polar surface area (TPSA) is 99.5 Å². The standard InChI is InChI=1S/C20H19Cl2N3O5S/c1-10-15-18(31-16(10)20(28)30-7-6-29-3)23-9-25(19(15)27)11(2)17(26)24-14-8-12(21)4-5-13(14)22/h4-5,8-9,11H,6-7H2,1-3H3,(H,24,26). The molecular formula is C20H19Cl2N3O5S. The van der Waals surface area contributed by atoms with Crippen molar-refractivity contribution in [2.45, 2.75) is 19.9 Å². The maximum absolute atomic E-state index is 13.1. The molecule has 2 heterocycles. The van der Waals surface area contributed by atoms with Gasteiger partial charge in [0, 0.05) is 12.1 Å². The Balaban J connectivity index is 1.90. The normalized spacial score (nSPS) is 12.0. The van der Waals surface area contributed by atoms with Gasteiger partial charge in [0.15, 0.2) is 0 Å². The number of hydrogen-bond acceptors (Lipinski definition) is 7. The number of rotatable bonds is 7. The van der Waals surface area contributed by atoms with Gasteiger partial charge < -0.3 is 14.8 Å². The molecule has 0 aliphatic heterocycles. The molecule has 1 N–H and O–H groups in total. The molecule has 164 valence electrons. The van der Waals surface area contributed by atoms with E-state index in [1.165, 1.54) is 24.1 Å². The summed E-state index contributed by atoms with van der Waals surface area (Å²) in [5, 5.41) is 3.66. The molecule has 0 aliphatic carbocycles. The lowest BCUT2D eigenvalue weighted by Crippen LogP contribution is -2.31. The quantitative estimate of drug-likeness (QED) is 0.401. The maximum Gasteiger partial charge on any atom is 0.348 e. The van der Waals surface area contributed by atoms with Crippen molar-refractivity contribution in [1.29, 1.82) is 0 Å². The summed E-state index contributed by atoms with van der Waals surface area (Å²) in [5.74, 6) is -1.02. The van der Waals surface area contributed by atoms with Gasteiger partial charge in [-0.05, 0) is 37.6 Å². The largest absolute Gasteiger partial charge is 0.459 e. The number of halogens is 2. The molecular weight excluding hydrogens is 465 g/mol. The van der Waals surface area contributed by atoms with E-state index in [4.69, 9.17) is 32.7 Å². The van der Waals surface area contributed by atoms with Crippen molar-refractivity contribution in [2.24, 2.45) is 0 Å². The summed E-state index contributed by atoms with van der Waals surface area (Å²) in [6.45, 7) is 3.58. The second-order valence-corrected chi connectivity index (χ2v) is 8.45. The van der Waals surface area contributed by atoms with E-state index < -0.39 is 23.5 Å². The van der Waals surface area contributed by atoms with Crippen molar-refractivity contribution in [2.75, 3.05) is 25.6 Å². The van der Waals surface area contributed by atoms with Crippen molar-refractivity contribution in [1.82, 2.24) is 9.55 Å². The summed E-state index contributed by atoms with van der Waals surface area (Å²) in [6.07, 6.45) is 1.28. The predicted octanol–water partition coefficient (Wildman–Crippen LogP) is 4.08. The fourth-order valence-electron chi connectivity index (χ4n) is 2.85. The molecule has 0 radical (unpaired) electrons. The summed E-state index contributed by atoms with van der Waals surface area (Å²) in [4.78, 5) is 43.1. The summed E-state index contributed by atoms with van der Waals surface area (Å²) in [6, 6.07) is 3.79. The molecule has 0 saturated heterocycles. The highest BCUT2D eigenvalue weighted by molar-refractivity contribution is 7.20. The van der Waals surface area contributed by atoms with Gasteiger partial charge in [-0.3, -0.25) is 14.2 Å². The zero-order chi connectivity index (χ0) is 22.7. The zero-order valence-corrected chi connectivity index (χ0v) is 19.2. The molecule has 0 saturated carbocycles. The SMILES string of the molecule is COCCOC(=O)c1sc2ncn(C(C)C(=O)Nc3cc(Cl)ccc3Cl)c(=O)c2c1C. The number of carbonyl (C=O) groups is 2. The third kappa shape index (κ3) is 4.90. The van der Waals surface area contributed by atoms with Crippen LogP contribution in [0, 0.1) is 6.92 Å². The van der Waals surface area contributed by atoms with Gasteiger partial charge >= 0.3 is 5.97 Å². The van der Waals surface area contributed by atoms with E-state index >= 15 is 0 Å². The highest BCUT2D eigenvalue weighted by Gasteiger charge is 2.24. The van der Waals surface area contributed by atoms with E-state index in [0.717, 1.165) is 11.3 Å². The average molecular weight is 484 g/mol. The lowest BCUT2D eigenvalue weighted by atomic mass is 10.2. The average Bonchev–Trinajstić information content (AvgIpc) is 3.08. The highest BCUT2D eigenvalue weighted by Crippen LogP contribution is 2.29. The number of esters is 1. The van der Waals surface area contributed by atoms with Crippen LogP contribution in [0.5, 0.6) is 0 Å². The number of carbonyl (C=O) groups excluding carboxylic acids is 2. The fourth-order valence-corrected chi connectivity index (χ4v) is 4.22. The number of ether oxygens (including phenoxy) is 2. The Hall–Kier alpha value is -2.46. The first kappa shape index (κ1) is 23.2. The van der Waals surface area contributed by atoms with Crippen LogP contribution in [0.2, 0.25) is 10.0 Å². The number of hydrogen-bond donors (Lipinski definition) is 1. The first-order chi connectivity index (χ1) is 14.7. The Morgan fingerprint density at radius 2 is 2.03 bits per heavy atom. The van der Waals surface area contributed by atoms with Gasteiger partial charge in [-0.2, -0.15) is 0 Å². The predicted molar refractivity (Wildman–Crippen MR) is 121 cm³/mol. The van der Waals surface area contributed by atoms with E-state index in [9.17, 15) is 14.4 Å². The number of amides is 1. The van der Waals surface area contributed by atoms with Crippen LogP contribution >= 0.6 is 34.5 Å². The maximum atomic E-state index is 13.1. The Morgan fingerprint density at radius 3 is 2.74 bits per heavy atom. The lowest BCUT2D eigenvalue weighted by Gasteiger charge is -2.15. The van der Waals surface area contributed by atoms with Crippen LogP contribution in [0.25, 0.3) is 10.2 Å². The van der Waals surface area contributed by atoms with E-state index in [1.54, 1.807) is 26.0 Å². The zero-order valence-electron chi connectivity index (χ0n) is 16.9. The number of aryl methyl sites for hydroxylation is 1. The molecule has 0 bridgehead atoms. The third-order valence-corrected chi connectivity index (χ3v) is 6.31. The van der Waals surface area contributed by atoms with Crippen molar-refractivity contribution in [3.8, 4) is 0 Å². The van der Waals surface area contributed by atoms with Crippen LogP contribution < -0.4 is 10.9 Å². The number of aromatic nitrogens is 2. The van der Waals surface area contributed by atoms with Crippen molar-refractivity contribution >= 4 is 62.3 Å². The van der Waals surface area contributed by atoms with Gasteiger partial charge in [0.25, 0.3) is 5.56 Å². The minimum absolute atomic E-state index is 0.101. The van der Waals surface area contributed by atoms with Crippen LogP contribution in [0.1, 0.15) is 28.2 Å². The van der Waals surface area contributed by atoms with Gasteiger partial charge in [0.2, 0.25) is 5.91 Å². The molecule has 31 heavy (non-hydrogen) atoms. The molecule has 3 rings (SSSR count). The Bertz CT molecular complexity index is 1210. The number of anilines is 1. The molecule has 11 heteroatoms. The molecule has 1 amide bonds. The third-order valence-electron chi connectivity index (χ3n) is 4.56. The highest BCUT2D eigenvalue weighted by atomic mass is 35.5. The van der Waals surface area contributed by atoms with Crippen molar-refractivity contribution in [3.05, 3.63) is 55.4 Å². The number of benzene rings is 1. The van der Waals surface area contributed by atoms with E-state index in [1.807, 2.05) is 0 Å². The van der Waals surface area contributed by atoms with Crippen molar-refractivity contribution < 1.29 is 19.1 Å². The molecule has 0 aliphatic rings. The molecule has 1 aromatic carbocycles. The monoisotopic (exact) mass is 483 g/mol. The van der Waals surface area contributed by atoms with Gasteiger partial charge in [0.05, 0.1) is 29.0 Å². The molecule has 0 spiro atoms.